The summed E-state index contributed by atoms with van der Waals surface area (Å²) in [7, 11) is -2.99. The molecule has 1 unspecified atom stereocenters. The Bertz CT molecular complexity index is 955. The van der Waals surface area contributed by atoms with Crippen LogP contribution in [0.4, 0.5) is 0 Å². The van der Waals surface area contributed by atoms with Crippen LogP contribution in [0.15, 0.2) is 53.4 Å². The van der Waals surface area contributed by atoms with E-state index in [1.165, 1.54) is 19.2 Å². The lowest BCUT2D eigenvalue weighted by Crippen LogP contribution is -2.33. The summed E-state index contributed by atoms with van der Waals surface area (Å²) in [5, 5.41) is 11.1. The summed E-state index contributed by atoms with van der Waals surface area (Å²) in [5.41, 5.74) is 0.560. The Labute approximate surface area is 150 Å². The Kier molecular flexibility index (Phi) is 4.69. The molecule has 7 nitrogen and oxygen atoms in total. The fourth-order valence-corrected chi connectivity index (χ4v) is 4.62. The number of carbonyl (C=O) groups excluding carboxylic acids is 2. The van der Waals surface area contributed by atoms with E-state index in [4.69, 9.17) is 4.74 Å². The van der Waals surface area contributed by atoms with Crippen LogP contribution in [0.1, 0.15) is 28.3 Å². The van der Waals surface area contributed by atoms with Crippen LogP contribution >= 0.6 is 0 Å². The number of hydrogen-bond donors (Lipinski definition) is 0. The average Bonchev–Trinajstić information content (AvgIpc) is 3.04. The van der Waals surface area contributed by atoms with Gasteiger partial charge in [-0.05, 0) is 29.3 Å². The van der Waals surface area contributed by atoms with Crippen LogP contribution in [0.2, 0.25) is 0 Å². The molecule has 1 heterocycles. The topological polar surface area (TPSA) is 104 Å². The predicted octanol–water partition coefficient (Wildman–Crippen LogP) is 0.763. The van der Waals surface area contributed by atoms with Crippen LogP contribution in [-0.4, -0.2) is 38.3 Å². The zero-order valence-electron chi connectivity index (χ0n) is 13.9. The van der Waals surface area contributed by atoms with Crippen molar-refractivity contribution in [1.29, 1.82) is 0 Å². The second-order valence-electron chi connectivity index (χ2n) is 5.89. The molecule has 0 aliphatic carbocycles. The Hall–Kier alpha value is -2.87. The number of aromatic carboxylic acids is 1. The van der Waals surface area contributed by atoms with Crippen LogP contribution in [0.3, 0.4) is 0 Å². The van der Waals surface area contributed by atoms with Crippen molar-refractivity contribution in [1.82, 2.24) is 4.31 Å². The summed E-state index contributed by atoms with van der Waals surface area (Å²) >= 11 is 0. The highest BCUT2D eigenvalue weighted by molar-refractivity contribution is 7.89. The van der Waals surface area contributed by atoms with E-state index in [0.29, 0.717) is 0 Å². The molecule has 1 atom stereocenters. The maximum absolute atomic E-state index is 13.0. The third kappa shape index (κ3) is 3.15. The molecule has 1 amide bonds. The Morgan fingerprint density at radius 2 is 1.88 bits per heavy atom. The Balaban J connectivity index is 1.99. The summed E-state index contributed by atoms with van der Waals surface area (Å²) in [6, 6.07) is 12.5. The van der Waals surface area contributed by atoms with Crippen molar-refractivity contribution in [3.8, 4) is 5.75 Å². The van der Waals surface area contributed by atoms with Crippen molar-refractivity contribution in [2.45, 2.75) is 17.2 Å². The quantitative estimate of drug-likeness (QED) is 0.765. The summed E-state index contributed by atoms with van der Waals surface area (Å²) in [5.74, 6) is -2.35. The number of rotatable bonds is 5. The first-order valence-corrected chi connectivity index (χ1v) is 9.28. The molecule has 1 fully saturated rings. The Morgan fingerprint density at radius 1 is 1.19 bits per heavy atom. The van der Waals surface area contributed by atoms with Crippen LogP contribution < -0.4 is 9.84 Å². The minimum Gasteiger partial charge on any atom is -0.545 e. The zero-order valence-corrected chi connectivity index (χ0v) is 14.7. The number of carboxylic acids is 1. The van der Waals surface area contributed by atoms with Gasteiger partial charge < -0.3 is 14.6 Å². The SMILES string of the molecule is COc1ccc(C(=O)[O-])cc1S(=O)(=O)N1CC(c2ccccc2)CC1=O. The summed E-state index contributed by atoms with van der Waals surface area (Å²) in [6.07, 6.45) is 0.0612. The van der Waals surface area contributed by atoms with Crippen LogP contribution in [-0.2, 0) is 14.8 Å². The van der Waals surface area contributed by atoms with Gasteiger partial charge in [0.15, 0.2) is 0 Å². The first kappa shape index (κ1) is 17.9. The number of nitrogens with zero attached hydrogens (tertiary/aromatic N) is 1. The van der Waals surface area contributed by atoms with Gasteiger partial charge in [-0.1, -0.05) is 30.3 Å². The molecule has 2 aromatic rings. The van der Waals surface area contributed by atoms with Crippen molar-refractivity contribution in [2.75, 3.05) is 13.7 Å². The third-order valence-corrected chi connectivity index (χ3v) is 6.13. The van der Waals surface area contributed by atoms with E-state index in [2.05, 4.69) is 0 Å². The summed E-state index contributed by atoms with van der Waals surface area (Å²) in [4.78, 5) is 23.1. The molecule has 0 radical (unpaired) electrons. The molecule has 1 saturated heterocycles. The van der Waals surface area contributed by atoms with Crippen LogP contribution in [0.5, 0.6) is 5.75 Å². The van der Waals surface area contributed by atoms with Crippen molar-refractivity contribution >= 4 is 21.9 Å². The smallest absolute Gasteiger partial charge is 0.270 e. The minimum absolute atomic E-state index is 0.0100. The van der Waals surface area contributed by atoms with Crippen molar-refractivity contribution in [3.63, 3.8) is 0 Å². The largest absolute Gasteiger partial charge is 0.545 e. The fourth-order valence-electron chi connectivity index (χ4n) is 2.98. The van der Waals surface area contributed by atoms with Gasteiger partial charge in [0.2, 0.25) is 5.91 Å². The average molecular weight is 374 g/mol. The molecule has 0 N–H and O–H groups in total. The van der Waals surface area contributed by atoms with Gasteiger partial charge in [-0.15, -0.1) is 0 Å². The van der Waals surface area contributed by atoms with Crippen molar-refractivity contribution in [2.24, 2.45) is 0 Å². The van der Waals surface area contributed by atoms with Gasteiger partial charge in [0.1, 0.15) is 10.6 Å². The highest BCUT2D eigenvalue weighted by Crippen LogP contribution is 2.35. The molecule has 0 aromatic heterocycles. The van der Waals surface area contributed by atoms with Gasteiger partial charge >= 0.3 is 0 Å². The lowest BCUT2D eigenvalue weighted by Gasteiger charge is -2.19. The molecule has 1 aliphatic heterocycles. The van der Waals surface area contributed by atoms with Crippen LogP contribution in [0.25, 0.3) is 0 Å². The summed E-state index contributed by atoms with van der Waals surface area (Å²) in [6.45, 7) is -0.0100. The molecule has 2 aromatic carbocycles. The molecule has 0 spiro atoms. The normalized spacial score (nSPS) is 17.3. The number of ether oxygens (including phenoxy) is 1. The molecule has 0 saturated carbocycles. The lowest BCUT2D eigenvalue weighted by atomic mass is 9.99. The van der Waals surface area contributed by atoms with Gasteiger partial charge in [-0.25, -0.2) is 12.7 Å². The van der Waals surface area contributed by atoms with Gasteiger partial charge in [0.05, 0.1) is 13.1 Å². The second-order valence-corrected chi connectivity index (χ2v) is 7.73. The molecule has 3 rings (SSSR count). The second kappa shape index (κ2) is 6.80. The molecule has 0 bridgehead atoms. The van der Waals surface area contributed by atoms with E-state index in [1.54, 1.807) is 0 Å². The van der Waals surface area contributed by atoms with Crippen LogP contribution in [0, 0.1) is 0 Å². The highest BCUT2D eigenvalue weighted by atomic mass is 32.2. The van der Waals surface area contributed by atoms with E-state index in [-0.39, 0.29) is 35.1 Å². The maximum atomic E-state index is 13.0. The monoisotopic (exact) mass is 374 g/mol. The number of benzene rings is 2. The lowest BCUT2D eigenvalue weighted by molar-refractivity contribution is -0.255. The number of methoxy groups -OCH3 is 1. The van der Waals surface area contributed by atoms with E-state index < -0.39 is 21.9 Å². The molecule has 1 aliphatic rings. The van der Waals surface area contributed by atoms with E-state index in [9.17, 15) is 23.1 Å². The van der Waals surface area contributed by atoms with Gasteiger partial charge in [0, 0.05) is 18.9 Å². The van der Waals surface area contributed by atoms with Gasteiger partial charge in [-0.2, -0.15) is 0 Å². The van der Waals surface area contributed by atoms with Gasteiger partial charge in [0.25, 0.3) is 10.0 Å². The van der Waals surface area contributed by atoms with E-state index >= 15 is 0 Å². The fraction of sp³-hybridized carbons (Fsp3) is 0.222. The van der Waals surface area contributed by atoms with E-state index in [0.717, 1.165) is 15.9 Å². The third-order valence-electron chi connectivity index (χ3n) is 4.32. The first-order valence-electron chi connectivity index (χ1n) is 7.84. The van der Waals surface area contributed by atoms with Gasteiger partial charge in [-0.3, -0.25) is 4.79 Å². The molecular formula is C18H16NO6S-. The number of carboxylic acid groups (broad SMARTS) is 1. The molecular weight excluding hydrogens is 358 g/mol. The number of carbonyl (C=O) groups is 2. The van der Waals surface area contributed by atoms with E-state index in [1.807, 2.05) is 30.3 Å². The number of sulfonamides is 1. The minimum atomic E-state index is -4.26. The highest BCUT2D eigenvalue weighted by Gasteiger charge is 2.40. The Morgan fingerprint density at radius 3 is 2.50 bits per heavy atom. The summed E-state index contributed by atoms with van der Waals surface area (Å²) < 4.78 is 31.8. The predicted molar refractivity (Wildman–Crippen MR) is 90.0 cm³/mol. The van der Waals surface area contributed by atoms with Crippen molar-refractivity contribution in [3.05, 3.63) is 59.7 Å². The first-order chi connectivity index (χ1) is 12.3. The maximum Gasteiger partial charge on any atom is 0.270 e. The van der Waals surface area contributed by atoms with Crippen molar-refractivity contribution < 1.29 is 27.9 Å². The number of amides is 1. The zero-order chi connectivity index (χ0) is 18.9. The standard InChI is InChI=1S/C18H17NO6S/c1-25-15-8-7-13(18(21)22)9-16(15)26(23,24)19-11-14(10-17(19)20)12-5-3-2-4-6-12/h2-9,14H,10-11H2,1H3,(H,21,22)/p-1. The number of hydrogen-bond acceptors (Lipinski definition) is 6. The molecule has 136 valence electrons. The molecule has 8 heteroatoms. The molecule has 26 heavy (non-hydrogen) atoms.